The van der Waals surface area contributed by atoms with Crippen molar-refractivity contribution in [3.8, 4) is 0 Å². The molecule has 1 heterocycles. The molecule has 23 heavy (non-hydrogen) atoms. The molecule has 2 aromatic rings. The van der Waals surface area contributed by atoms with Gasteiger partial charge >= 0.3 is 0 Å². The van der Waals surface area contributed by atoms with E-state index in [0.717, 1.165) is 32.6 Å². The summed E-state index contributed by atoms with van der Waals surface area (Å²) >= 11 is 0. The van der Waals surface area contributed by atoms with Gasteiger partial charge in [0.25, 0.3) is 0 Å². The standard InChI is InChI=1S/C20H26N2.ClH/c1-3-7-18(8-4-1)13-16-22(20-11-14-21-15-12-20)17-19-9-5-2-6-10-19;/h1-10,20-21H,11-17H2;1H. The second-order valence-corrected chi connectivity index (χ2v) is 6.17. The Kier molecular flexibility index (Phi) is 7.60. The predicted molar refractivity (Wildman–Crippen MR) is 100 cm³/mol. The highest BCUT2D eigenvalue weighted by Crippen LogP contribution is 2.16. The molecule has 3 rings (SSSR count). The normalized spacial score (nSPS) is 15.3. The zero-order chi connectivity index (χ0) is 15.0. The number of halogens is 1. The van der Waals surface area contributed by atoms with E-state index in [4.69, 9.17) is 0 Å². The predicted octanol–water partition coefficient (Wildman–Crippen LogP) is 3.91. The van der Waals surface area contributed by atoms with E-state index in [9.17, 15) is 0 Å². The SMILES string of the molecule is Cl.c1ccc(CCN(Cc2ccccc2)C2CCNCC2)cc1. The Bertz CT molecular complexity index is 538. The largest absolute Gasteiger partial charge is 0.317 e. The fraction of sp³-hybridized carbons (Fsp3) is 0.400. The van der Waals surface area contributed by atoms with E-state index < -0.39 is 0 Å². The number of piperidine rings is 1. The molecular weight excluding hydrogens is 304 g/mol. The molecule has 0 unspecified atom stereocenters. The number of hydrogen-bond donors (Lipinski definition) is 1. The third kappa shape index (κ3) is 5.65. The summed E-state index contributed by atoms with van der Waals surface area (Å²) in [6, 6.07) is 22.5. The Morgan fingerprint density at radius 1 is 0.826 bits per heavy atom. The van der Waals surface area contributed by atoms with E-state index in [1.807, 2.05) is 0 Å². The molecule has 1 fully saturated rings. The molecule has 3 heteroatoms. The minimum absolute atomic E-state index is 0. The van der Waals surface area contributed by atoms with Crippen molar-refractivity contribution in [1.29, 1.82) is 0 Å². The molecule has 0 radical (unpaired) electrons. The summed E-state index contributed by atoms with van der Waals surface area (Å²) < 4.78 is 0. The van der Waals surface area contributed by atoms with Crippen molar-refractivity contribution < 1.29 is 0 Å². The highest BCUT2D eigenvalue weighted by Gasteiger charge is 2.20. The molecule has 1 aliphatic rings. The van der Waals surface area contributed by atoms with Crippen LogP contribution in [0.25, 0.3) is 0 Å². The Morgan fingerprint density at radius 3 is 2.00 bits per heavy atom. The molecule has 2 nitrogen and oxygen atoms in total. The van der Waals surface area contributed by atoms with Gasteiger partial charge < -0.3 is 5.32 Å². The Morgan fingerprint density at radius 2 is 1.39 bits per heavy atom. The summed E-state index contributed by atoms with van der Waals surface area (Å²) in [5.41, 5.74) is 2.86. The van der Waals surface area contributed by atoms with Crippen LogP contribution in [0.2, 0.25) is 0 Å². The van der Waals surface area contributed by atoms with Crippen molar-refractivity contribution in [2.24, 2.45) is 0 Å². The summed E-state index contributed by atoms with van der Waals surface area (Å²) in [5, 5.41) is 3.48. The van der Waals surface area contributed by atoms with E-state index in [1.54, 1.807) is 0 Å². The van der Waals surface area contributed by atoms with Crippen LogP contribution in [0.3, 0.4) is 0 Å². The maximum Gasteiger partial charge on any atom is 0.0236 e. The maximum atomic E-state index is 3.48. The number of nitrogens with zero attached hydrogens (tertiary/aromatic N) is 1. The van der Waals surface area contributed by atoms with Crippen molar-refractivity contribution in [3.63, 3.8) is 0 Å². The zero-order valence-corrected chi connectivity index (χ0v) is 14.5. The molecule has 1 saturated heterocycles. The second-order valence-electron chi connectivity index (χ2n) is 6.17. The molecular formula is C20H27ClN2. The molecule has 1 N–H and O–H groups in total. The number of hydrogen-bond acceptors (Lipinski definition) is 2. The third-order valence-electron chi connectivity index (χ3n) is 4.58. The van der Waals surface area contributed by atoms with Crippen molar-refractivity contribution in [3.05, 3.63) is 71.8 Å². The van der Waals surface area contributed by atoms with Gasteiger partial charge in [-0.3, -0.25) is 4.90 Å². The summed E-state index contributed by atoms with van der Waals surface area (Å²) in [5.74, 6) is 0. The van der Waals surface area contributed by atoms with Crippen LogP contribution in [0.4, 0.5) is 0 Å². The van der Waals surface area contributed by atoms with Crippen LogP contribution in [0.5, 0.6) is 0 Å². The second kappa shape index (κ2) is 9.71. The Hall–Kier alpha value is -1.35. The van der Waals surface area contributed by atoms with E-state index >= 15 is 0 Å². The summed E-state index contributed by atoms with van der Waals surface area (Å²) in [6.07, 6.45) is 3.67. The summed E-state index contributed by atoms with van der Waals surface area (Å²) in [7, 11) is 0. The van der Waals surface area contributed by atoms with Crippen LogP contribution in [0, 0.1) is 0 Å². The van der Waals surface area contributed by atoms with Crippen LogP contribution in [-0.2, 0) is 13.0 Å². The molecule has 0 amide bonds. The maximum absolute atomic E-state index is 3.48. The van der Waals surface area contributed by atoms with Gasteiger partial charge in [0, 0.05) is 19.1 Å². The first-order valence-electron chi connectivity index (χ1n) is 8.44. The lowest BCUT2D eigenvalue weighted by atomic mass is 10.0. The lowest BCUT2D eigenvalue weighted by Crippen LogP contribution is -2.43. The van der Waals surface area contributed by atoms with E-state index in [1.165, 1.54) is 24.0 Å². The fourth-order valence-corrected chi connectivity index (χ4v) is 3.30. The number of rotatable bonds is 6. The van der Waals surface area contributed by atoms with E-state index in [0.29, 0.717) is 6.04 Å². The van der Waals surface area contributed by atoms with Gasteiger partial charge in [0.2, 0.25) is 0 Å². The molecule has 1 aliphatic heterocycles. The van der Waals surface area contributed by atoms with Gasteiger partial charge in [-0.15, -0.1) is 12.4 Å². The minimum Gasteiger partial charge on any atom is -0.317 e. The zero-order valence-electron chi connectivity index (χ0n) is 13.7. The molecule has 0 spiro atoms. The van der Waals surface area contributed by atoms with Crippen LogP contribution in [0.15, 0.2) is 60.7 Å². The Labute approximate surface area is 146 Å². The van der Waals surface area contributed by atoms with Crippen LogP contribution in [-0.4, -0.2) is 30.6 Å². The quantitative estimate of drug-likeness (QED) is 0.864. The third-order valence-corrected chi connectivity index (χ3v) is 4.58. The molecule has 124 valence electrons. The van der Waals surface area contributed by atoms with E-state index in [2.05, 4.69) is 70.9 Å². The van der Waals surface area contributed by atoms with Gasteiger partial charge in [-0.05, 0) is 43.5 Å². The van der Waals surface area contributed by atoms with Gasteiger partial charge in [0.15, 0.2) is 0 Å². The van der Waals surface area contributed by atoms with Crippen molar-refractivity contribution in [2.75, 3.05) is 19.6 Å². The lowest BCUT2D eigenvalue weighted by Gasteiger charge is -2.35. The fourth-order valence-electron chi connectivity index (χ4n) is 3.30. The van der Waals surface area contributed by atoms with Crippen LogP contribution in [0.1, 0.15) is 24.0 Å². The molecule has 0 aromatic heterocycles. The van der Waals surface area contributed by atoms with Crippen molar-refractivity contribution in [2.45, 2.75) is 31.8 Å². The topological polar surface area (TPSA) is 15.3 Å². The van der Waals surface area contributed by atoms with Gasteiger partial charge in [-0.1, -0.05) is 60.7 Å². The first-order chi connectivity index (χ1) is 10.9. The van der Waals surface area contributed by atoms with Gasteiger partial charge in [0.05, 0.1) is 0 Å². The monoisotopic (exact) mass is 330 g/mol. The highest BCUT2D eigenvalue weighted by molar-refractivity contribution is 5.85. The van der Waals surface area contributed by atoms with Gasteiger partial charge in [-0.25, -0.2) is 0 Å². The Balaban J connectivity index is 0.00000192. The number of nitrogens with one attached hydrogen (secondary N) is 1. The van der Waals surface area contributed by atoms with Gasteiger partial charge in [-0.2, -0.15) is 0 Å². The number of benzene rings is 2. The lowest BCUT2D eigenvalue weighted by molar-refractivity contribution is 0.155. The molecule has 0 saturated carbocycles. The van der Waals surface area contributed by atoms with Crippen molar-refractivity contribution in [1.82, 2.24) is 10.2 Å². The first-order valence-corrected chi connectivity index (χ1v) is 8.44. The average molecular weight is 331 g/mol. The molecule has 0 aliphatic carbocycles. The summed E-state index contributed by atoms with van der Waals surface area (Å²) in [6.45, 7) is 4.52. The van der Waals surface area contributed by atoms with E-state index in [-0.39, 0.29) is 12.4 Å². The smallest absolute Gasteiger partial charge is 0.0236 e. The van der Waals surface area contributed by atoms with Gasteiger partial charge in [0.1, 0.15) is 0 Å². The molecule has 0 bridgehead atoms. The summed E-state index contributed by atoms with van der Waals surface area (Å²) in [4.78, 5) is 2.68. The first kappa shape index (κ1) is 18.0. The molecule has 2 aromatic carbocycles. The average Bonchev–Trinajstić information content (AvgIpc) is 2.61. The van der Waals surface area contributed by atoms with Crippen LogP contribution < -0.4 is 5.32 Å². The van der Waals surface area contributed by atoms with Crippen LogP contribution >= 0.6 is 12.4 Å². The van der Waals surface area contributed by atoms with Crippen molar-refractivity contribution >= 4 is 12.4 Å². The minimum atomic E-state index is 0. The highest BCUT2D eigenvalue weighted by atomic mass is 35.5. The molecule has 0 atom stereocenters.